The molecule has 0 aliphatic carbocycles. The predicted molar refractivity (Wildman–Crippen MR) is 87.6 cm³/mol. The highest BCUT2D eigenvalue weighted by molar-refractivity contribution is 7.92. The maximum absolute atomic E-state index is 12.5. The van der Waals surface area contributed by atoms with Crippen LogP contribution in [0, 0.1) is 20.8 Å². The third-order valence-corrected chi connectivity index (χ3v) is 5.12. The second kappa shape index (κ2) is 5.54. The van der Waals surface area contributed by atoms with Crippen molar-refractivity contribution in [3.8, 4) is 11.3 Å². The topological polar surface area (TPSA) is 104 Å². The van der Waals surface area contributed by atoms with E-state index in [2.05, 4.69) is 24.9 Å². The van der Waals surface area contributed by atoms with Crippen molar-refractivity contribution in [2.45, 2.75) is 25.7 Å². The summed E-state index contributed by atoms with van der Waals surface area (Å²) in [5, 5.41) is 6.61. The number of nitrogens with zero attached hydrogens (tertiary/aromatic N) is 2. The molecular weight excluding hydrogens is 314 g/mol. The van der Waals surface area contributed by atoms with Crippen LogP contribution >= 0.6 is 0 Å². The van der Waals surface area contributed by atoms with Crippen molar-refractivity contribution in [2.75, 3.05) is 4.72 Å². The van der Waals surface area contributed by atoms with Gasteiger partial charge in [-0.05, 0) is 38.5 Å². The first kappa shape index (κ1) is 15.3. The molecule has 23 heavy (non-hydrogen) atoms. The summed E-state index contributed by atoms with van der Waals surface area (Å²) in [6.07, 6.45) is 1.74. The first-order valence-corrected chi connectivity index (χ1v) is 8.51. The summed E-state index contributed by atoms with van der Waals surface area (Å²) in [4.78, 5) is 7.47. The van der Waals surface area contributed by atoms with Gasteiger partial charge in [0, 0.05) is 5.69 Å². The van der Waals surface area contributed by atoms with Crippen LogP contribution in [-0.4, -0.2) is 28.6 Å². The van der Waals surface area contributed by atoms with Crippen LogP contribution in [0.15, 0.2) is 35.4 Å². The number of aromatic nitrogens is 4. The maximum atomic E-state index is 12.5. The smallest absolute Gasteiger partial charge is 0.265 e. The van der Waals surface area contributed by atoms with Gasteiger partial charge in [0.15, 0.2) is 0 Å². The standard InChI is InChI=1S/C15H17N5O2S/c1-9-15(10(2)19-18-9)23(21,22)20-13-6-4-12(5-7-13)14-8-16-11(3)17-14/h4-8,20H,1-3H3,(H,16,17)(H,18,19). The number of aryl methyl sites for hydroxylation is 3. The van der Waals surface area contributed by atoms with Crippen LogP contribution in [0.3, 0.4) is 0 Å². The molecule has 3 rings (SSSR count). The predicted octanol–water partition coefficient (Wildman–Crippen LogP) is 2.53. The molecule has 0 unspecified atom stereocenters. The van der Waals surface area contributed by atoms with Gasteiger partial charge in [-0.15, -0.1) is 0 Å². The molecule has 3 aromatic rings. The Balaban J connectivity index is 1.86. The van der Waals surface area contributed by atoms with Gasteiger partial charge in [-0.1, -0.05) is 12.1 Å². The number of H-pyrrole nitrogens is 2. The van der Waals surface area contributed by atoms with Crippen molar-refractivity contribution >= 4 is 15.7 Å². The second-order valence-corrected chi connectivity index (χ2v) is 6.95. The summed E-state index contributed by atoms with van der Waals surface area (Å²) in [6.45, 7) is 5.21. The Bertz CT molecular complexity index is 919. The molecule has 2 heterocycles. The number of sulfonamides is 1. The van der Waals surface area contributed by atoms with Crippen molar-refractivity contribution in [1.82, 2.24) is 20.2 Å². The van der Waals surface area contributed by atoms with Crippen molar-refractivity contribution in [3.05, 3.63) is 47.7 Å². The van der Waals surface area contributed by atoms with Gasteiger partial charge in [-0.2, -0.15) is 5.10 Å². The third kappa shape index (κ3) is 2.98. The fourth-order valence-electron chi connectivity index (χ4n) is 2.43. The lowest BCUT2D eigenvalue weighted by Gasteiger charge is -2.08. The highest BCUT2D eigenvalue weighted by Crippen LogP contribution is 2.23. The number of hydrogen-bond acceptors (Lipinski definition) is 4. The van der Waals surface area contributed by atoms with Crippen LogP contribution < -0.4 is 4.72 Å². The Labute approximate surface area is 134 Å². The quantitative estimate of drug-likeness (QED) is 0.683. The number of nitrogens with one attached hydrogen (secondary N) is 3. The van der Waals surface area contributed by atoms with Gasteiger partial charge in [0.1, 0.15) is 10.7 Å². The average molecular weight is 331 g/mol. The third-order valence-electron chi connectivity index (χ3n) is 3.48. The zero-order valence-corrected chi connectivity index (χ0v) is 13.8. The van der Waals surface area contributed by atoms with E-state index in [1.807, 2.05) is 19.1 Å². The molecule has 0 atom stereocenters. The second-order valence-electron chi connectivity index (χ2n) is 5.33. The van der Waals surface area contributed by atoms with Crippen LogP contribution in [0.1, 0.15) is 17.2 Å². The van der Waals surface area contributed by atoms with Gasteiger partial charge in [0.25, 0.3) is 10.0 Å². The molecule has 0 spiro atoms. The monoisotopic (exact) mass is 331 g/mol. The van der Waals surface area contributed by atoms with Gasteiger partial charge in [-0.3, -0.25) is 9.82 Å². The summed E-state index contributed by atoms with van der Waals surface area (Å²) in [5.41, 5.74) is 3.27. The van der Waals surface area contributed by atoms with Crippen molar-refractivity contribution in [2.24, 2.45) is 0 Å². The molecule has 8 heteroatoms. The minimum atomic E-state index is -3.67. The molecule has 0 amide bonds. The molecular formula is C15H17N5O2S. The highest BCUT2D eigenvalue weighted by Gasteiger charge is 2.22. The van der Waals surface area contributed by atoms with Gasteiger partial charge in [-0.25, -0.2) is 13.4 Å². The summed E-state index contributed by atoms with van der Waals surface area (Å²) in [7, 11) is -3.67. The molecule has 0 aliphatic rings. The summed E-state index contributed by atoms with van der Waals surface area (Å²) >= 11 is 0. The molecule has 0 saturated carbocycles. The Morgan fingerprint density at radius 1 is 1.09 bits per heavy atom. The lowest BCUT2D eigenvalue weighted by atomic mass is 10.1. The fraction of sp³-hybridized carbons (Fsp3) is 0.200. The molecule has 7 nitrogen and oxygen atoms in total. The number of anilines is 1. The first-order chi connectivity index (χ1) is 10.9. The van der Waals surface area contributed by atoms with E-state index in [-0.39, 0.29) is 4.90 Å². The summed E-state index contributed by atoms with van der Waals surface area (Å²) in [5.74, 6) is 0.829. The minimum absolute atomic E-state index is 0.186. The van der Waals surface area contributed by atoms with Crippen molar-refractivity contribution in [3.63, 3.8) is 0 Å². The number of hydrogen-bond donors (Lipinski definition) is 3. The normalized spacial score (nSPS) is 11.6. The molecule has 3 N–H and O–H groups in total. The minimum Gasteiger partial charge on any atom is -0.342 e. The zero-order chi connectivity index (χ0) is 16.6. The van der Waals surface area contributed by atoms with Crippen LogP contribution in [-0.2, 0) is 10.0 Å². The van der Waals surface area contributed by atoms with Gasteiger partial charge in [0.2, 0.25) is 0 Å². The number of imidazole rings is 1. The highest BCUT2D eigenvalue weighted by atomic mass is 32.2. The molecule has 0 fully saturated rings. The molecule has 0 bridgehead atoms. The van der Waals surface area contributed by atoms with E-state index in [1.165, 1.54) is 0 Å². The van der Waals surface area contributed by atoms with Crippen molar-refractivity contribution < 1.29 is 8.42 Å². The fourth-order valence-corrected chi connectivity index (χ4v) is 3.86. The lowest BCUT2D eigenvalue weighted by Crippen LogP contribution is -2.14. The molecule has 0 radical (unpaired) electrons. The molecule has 0 saturated heterocycles. The number of aromatic amines is 2. The van der Waals surface area contributed by atoms with Crippen LogP contribution in [0.4, 0.5) is 5.69 Å². The number of benzene rings is 1. The Morgan fingerprint density at radius 3 is 2.30 bits per heavy atom. The maximum Gasteiger partial charge on any atom is 0.265 e. The van der Waals surface area contributed by atoms with E-state index in [1.54, 1.807) is 32.2 Å². The molecule has 2 aromatic heterocycles. The molecule has 0 aliphatic heterocycles. The van der Waals surface area contributed by atoms with E-state index < -0.39 is 10.0 Å². The lowest BCUT2D eigenvalue weighted by molar-refractivity contribution is 0.600. The van der Waals surface area contributed by atoms with E-state index in [9.17, 15) is 8.42 Å². The van der Waals surface area contributed by atoms with E-state index in [4.69, 9.17) is 0 Å². The molecule has 120 valence electrons. The largest absolute Gasteiger partial charge is 0.342 e. The van der Waals surface area contributed by atoms with Crippen LogP contribution in [0.25, 0.3) is 11.3 Å². The number of rotatable bonds is 4. The van der Waals surface area contributed by atoms with E-state index in [0.717, 1.165) is 17.1 Å². The van der Waals surface area contributed by atoms with Crippen molar-refractivity contribution in [1.29, 1.82) is 0 Å². The Morgan fingerprint density at radius 2 is 1.78 bits per heavy atom. The van der Waals surface area contributed by atoms with Crippen LogP contribution in [0.2, 0.25) is 0 Å². The van der Waals surface area contributed by atoms with Gasteiger partial charge in [0.05, 0.1) is 23.3 Å². The van der Waals surface area contributed by atoms with Crippen LogP contribution in [0.5, 0.6) is 0 Å². The average Bonchev–Trinajstić information content (AvgIpc) is 3.06. The summed E-state index contributed by atoms with van der Waals surface area (Å²) < 4.78 is 27.5. The van der Waals surface area contributed by atoms with Gasteiger partial charge < -0.3 is 4.98 Å². The van der Waals surface area contributed by atoms with Gasteiger partial charge >= 0.3 is 0 Å². The van der Waals surface area contributed by atoms with E-state index in [0.29, 0.717) is 17.1 Å². The Kier molecular flexibility index (Phi) is 3.69. The zero-order valence-electron chi connectivity index (χ0n) is 13.0. The Hall–Kier alpha value is -2.61. The summed E-state index contributed by atoms with van der Waals surface area (Å²) in [6, 6.07) is 7.10. The molecule has 1 aromatic carbocycles. The van der Waals surface area contributed by atoms with E-state index >= 15 is 0 Å². The SMILES string of the molecule is Cc1ncc(-c2ccc(NS(=O)(=O)c3c(C)n[nH]c3C)cc2)[nH]1. The first-order valence-electron chi connectivity index (χ1n) is 7.03.